The summed E-state index contributed by atoms with van der Waals surface area (Å²) in [6.45, 7) is 3.06. The first-order chi connectivity index (χ1) is 12.2. The van der Waals surface area contributed by atoms with E-state index in [1.54, 1.807) is 36.4 Å². The van der Waals surface area contributed by atoms with E-state index in [0.29, 0.717) is 18.7 Å². The highest BCUT2D eigenvalue weighted by atomic mass is 19.1. The molecule has 1 heterocycles. The third-order valence-electron chi connectivity index (χ3n) is 4.24. The van der Waals surface area contributed by atoms with E-state index in [-0.39, 0.29) is 11.7 Å². The Balaban J connectivity index is 1.50. The van der Waals surface area contributed by atoms with Gasteiger partial charge in [-0.2, -0.15) is 0 Å². The molecular weight excluding hydrogens is 315 g/mol. The van der Waals surface area contributed by atoms with Crippen LogP contribution in [0.15, 0.2) is 72.8 Å². The molecule has 0 bridgehead atoms. The number of nitrogens with zero attached hydrogens (tertiary/aromatic N) is 2. The quantitative estimate of drug-likeness (QED) is 0.627. The van der Waals surface area contributed by atoms with Gasteiger partial charge in [-0.15, -0.1) is 0 Å². The lowest BCUT2D eigenvalue weighted by molar-refractivity contribution is -0.126. The number of para-hydroxylation sites is 1. The zero-order valence-corrected chi connectivity index (χ0v) is 14.0. The molecule has 2 aromatic carbocycles. The van der Waals surface area contributed by atoms with Gasteiger partial charge in [-0.1, -0.05) is 54.6 Å². The van der Waals surface area contributed by atoms with Crippen LogP contribution in [-0.2, 0) is 4.79 Å². The molecule has 0 N–H and O–H groups in total. The van der Waals surface area contributed by atoms with E-state index >= 15 is 0 Å². The van der Waals surface area contributed by atoms with Crippen LogP contribution in [0.3, 0.4) is 0 Å². The van der Waals surface area contributed by atoms with Gasteiger partial charge in [0.25, 0.3) is 0 Å². The molecule has 2 aromatic rings. The standard InChI is InChI=1S/C21H21FN2O/c22-20-12-6-4-8-18(20)9-5-7-13-21(25)24-16-14-23(15-17-24)19-10-2-1-3-11-19/h1-13H,14-17H2/b9-5+,13-7+. The second kappa shape index (κ2) is 8.29. The lowest BCUT2D eigenvalue weighted by Gasteiger charge is -2.35. The molecule has 25 heavy (non-hydrogen) atoms. The van der Waals surface area contributed by atoms with Crippen molar-refractivity contribution in [2.45, 2.75) is 0 Å². The highest BCUT2D eigenvalue weighted by Crippen LogP contribution is 2.15. The van der Waals surface area contributed by atoms with Crippen LogP contribution < -0.4 is 4.90 Å². The molecule has 0 spiro atoms. The summed E-state index contributed by atoms with van der Waals surface area (Å²) in [7, 11) is 0. The van der Waals surface area contributed by atoms with Crippen molar-refractivity contribution in [3.8, 4) is 0 Å². The van der Waals surface area contributed by atoms with E-state index in [1.807, 2.05) is 23.1 Å². The van der Waals surface area contributed by atoms with Gasteiger partial charge in [0.1, 0.15) is 5.82 Å². The molecule has 1 fully saturated rings. The van der Waals surface area contributed by atoms with Crippen molar-refractivity contribution in [2.24, 2.45) is 0 Å². The summed E-state index contributed by atoms with van der Waals surface area (Å²) in [6, 6.07) is 16.8. The number of anilines is 1. The van der Waals surface area contributed by atoms with Gasteiger partial charge in [0.2, 0.25) is 5.91 Å². The fourth-order valence-corrected chi connectivity index (χ4v) is 2.84. The van der Waals surface area contributed by atoms with Gasteiger partial charge in [-0.3, -0.25) is 4.79 Å². The molecular formula is C21H21FN2O. The summed E-state index contributed by atoms with van der Waals surface area (Å²) in [6.07, 6.45) is 6.55. The van der Waals surface area contributed by atoms with E-state index in [4.69, 9.17) is 0 Å². The molecule has 3 rings (SSSR count). The van der Waals surface area contributed by atoms with Crippen molar-refractivity contribution >= 4 is 17.7 Å². The number of benzene rings is 2. The minimum Gasteiger partial charge on any atom is -0.368 e. The molecule has 0 aliphatic carbocycles. The van der Waals surface area contributed by atoms with Crippen molar-refractivity contribution in [1.82, 2.24) is 4.90 Å². The average Bonchev–Trinajstić information content (AvgIpc) is 2.67. The number of hydrogen-bond acceptors (Lipinski definition) is 2. The minimum absolute atomic E-state index is 0.00843. The van der Waals surface area contributed by atoms with Crippen molar-refractivity contribution in [1.29, 1.82) is 0 Å². The molecule has 4 heteroatoms. The van der Waals surface area contributed by atoms with E-state index in [9.17, 15) is 9.18 Å². The number of halogens is 1. The minimum atomic E-state index is -0.268. The van der Waals surface area contributed by atoms with Gasteiger partial charge in [-0.25, -0.2) is 4.39 Å². The second-order valence-corrected chi connectivity index (χ2v) is 5.89. The zero-order valence-electron chi connectivity index (χ0n) is 14.0. The molecule has 1 amide bonds. The van der Waals surface area contributed by atoms with Gasteiger partial charge < -0.3 is 9.80 Å². The van der Waals surface area contributed by atoms with Crippen LogP contribution in [0.5, 0.6) is 0 Å². The summed E-state index contributed by atoms with van der Waals surface area (Å²) in [5.41, 5.74) is 1.70. The van der Waals surface area contributed by atoms with Gasteiger partial charge in [0.05, 0.1) is 0 Å². The summed E-state index contributed by atoms with van der Waals surface area (Å²) in [5.74, 6) is -0.276. The molecule has 3 nitrogen and oxygen atoms in total. The highest BCUT2D eigenvalue weighted by molar-refractivity contribution is 5.88. The molecule has 128 valence electrons. The predicted molar refractivity (Wildman–Crippen MR) is 99.8 cm³/mol. The van der Waals surface area contributed by atoms with Crippen molar-refractivity contribution in [3.63, 3.8) is 0 Å². The number of allylic oxidation sites excluding steroid dienone is 2. The Bertz CT molecular complexity index is 762. The van der Waals surface area contributed by atoms with E-state index in [0.717, 1.165) is 13.1 Å². The highest BCUT2D eigenvalue weighted by Gasteiger charge is 2.19. The summed E-state index contributed by atoms with van der Waals surface area (Å²) in [5, 5.41) is 0. The largest absolute Gasteiger partial charge is 0.368 e. The van der Waals surface area contributed by atoms with Crippen LogP contribution in [0.25, 0.3) is 6.08 Å². The molecule has 0 unspecified atom stereocenters. The van der Waals surface area contributed by atoms with Gasteiger partial charge >= 0.3 is 0 Å². The number of carbonyl (C=O) groups is 1. The maximum Gasteiger partial charge on any atom is 0.246 e. The van der Waals surface area contributed by atoms with Gasteiger partial charge in [0, 0.05) is 43.5 Å². The number of piperazine rings is 1. The number of amides is 1. The van der Waals surface area contributed by atoms with E-state index in [2.05, 4.69) is 17.0 Å². The lowest BCUT2D eigenvalue weighted by atomic mass is 10.2. The lowest BCUT2D eigenvalue weighted by Crippen LogP contribution is -2.48. The first-order valence-corrected chi connectivity index (χ1v) is 8.42. The fourth-order valence-electron chi connectivity index (χ4n) is 2.84. The Morgan fingerprint density at radius 3 is 2.28 bits per heavy atom. The van der Waals surface area contributed by atoms with E-state index < -0.39 is 0 Å². The molecule has 1 aliphatic heterocycles. The first kappa shape index (κ1) is 17.0. The Morgan fingerprint density at radius 1 is 0.880 bits per heavy atom. The van der Waals surface area contributed by atoms with Crippen molar-refractivity contribution < 1.29 is 9.18 Å². The van der Waals surface area contributed by atoms with Crippen LogP contribution >= 0.6 is 0 Å². The Kier molecular flexibility index (Phi) is 5.62. The molecule has 0 aromatic heterocycles. The number of hydrogen-bond donors (Lipinski definition) is 0. The Hall–Kier alpha value is -2.88. The molecule has 1 saturated heterocycles. The normalized spacial score (nSPS) is 15.2. The topological polar surface area (TPSA) is 23.6 Å². The van der Waals surface area contributed by atoms with Crippen molar-refractivity contribution in [3.05, 3.63) is 84.2 Å². The molecule has 1 aliphatic rings. The van der Waals surface area contributed by atoms with Crippen LogP contribution in [0.4, 0.5) is 10.1 Å². The second-order valence-electron chi connectivity index (χ2n) is 5.89. The third kappa shape index (κ3) is 4.57. The number of rotatable bonds is 4. The van der Waals surface area contributed by atoms with Crippen LogP contribution in [0.2, 0.25) is 0 Å². The summed E-state index contributed by atoms with van der Waals surface area (Å²) >= 11 is 0. The van der Waals surface area contributed by atoms with Gasteiger partial charge in [-0.05, 0) is 18.2 Å². The van der Waals surface area contributed by atoms with E-state index in [1.165, 1.54) is 17.8 Å². The van der Waals surface area contributed by atoms with Crippen LogP contribution in [0.1, 0.15) is 5.56 Å². The SMILES string of the molecule is O=C(/C=C/C=C/c1ccccc1F)N1CCN(c2ccccc2)CC1. The molecule has 0 atom stereocenters. The monoisotopic (exact) mass is 336 g/mol. The maximum atomic E-state index is 13.5. The van der Waals surface area contributed by atoms with Crippen LogP contribution in [0, 0.1) is 5.82 Å². The average molecular weight is 336 g/mol. The third-order valence-corrected chi connectivity index (χ3v) is 4.24. The first-order valence-electron chi connectivity index (χ1n) is 8.42. The van der Waals surface area contributed by atoms with Gasteiger partial charge in [0.15, 0.2) is 0 Å². The zero-order chi connectivity index (χ0) is 17.5. The maximum absolute atomic E-state index is 13.5. The van der Waals surface area contributed by atoms with Crippen molar-refractivity contribution in [2.75, 3.05) is 31.1 Å². The molecule has 0 saturated carbocycles. The predicted octanol–water partition coefficient (Wildman–Crippen LogP) is 3.74. The van der Waals surface area contributed by atoms with Crippen LogP contribution in [-0.4, -0.2) is 37.0 Å². The summed E-state index contributed by atoms with van der Waals surface area (Å²) in [4.78, 5) is 16.4. The molecule has 0 radical (unpaired) electrons. The Morgan fingerprint density at radius 2 is 1.56 bits per heavy atom. The Labute approximate surface area is 147 Å². The smallest absolute Gasteiger partial charge is 0.246 e. The fraction of sp³-hybridized carbons (Fsp3) is 0.190. The summed E-state index contributed by atoms with van der Waals surface area (Å²) < 4.78 is 13.5. The number of carbonyl (C=O) groups excluding carboxylic acids is 1.